The molecule has 0 spiro atoms. The monoisotopic (exact) mass is 487 g/mol. The molecular weight excluding hydrogens is 454 g/mol. The SMILES string of the molecule is COc1cc(COc2nc(=O)n(C3CCCCCCC3)cc2C)c([N+](=O)[O-])cc1OC/C=C/CO. The number of hydrogen-bond donors (Lipinski definition) is 1. The van der Waals surface area contributed by atoms with Crippen molar-refractivity contribution in [3.05, 3.63) is 62.2 Å². The van der Waals surface area contributed by atoms with Crippen molar-refractivity contribution in [2.24, 2.45) is 0 Å². The quantitative estimate of drug-likeness (QED) is 0.299. The molecule has 35 heavy (non-hydrogen) atoms. The van der Waals surface area contributed by atoms with Gasteiger partial charge < -0.3 is 19.3 Å². The van der Waals surface area contributed by atoms with E-state index in [0.717, 1.165) is 25.7 Å². The molecule has 1 heterocycles. The van der Waals surface area contributed by atoms with Gasteiger partial charge in [0.2, 0.25) is 5.88 Å². The van der Waals surface area contributed by atoms with Gasteiger partial charge in [0.1, 0.15) is 13.2 Å². The van der Waals surface area contributed by atoms with E-state index in [0.29, 0.717) is 11.3 Å². The van der Waals surface area contributed by atoms with Crippen molar-refractivity contribution in [2.45, 2.75) is 64.5 Å². The molecule has 0 unspecified atom stereocenters. The minimum atomic E-state index is -0.526. The van der Waals surface area contributed by atoms with Crippen LogP contribution in [0.5, 0.6) is 17.4 Å². The van der Waals surface area contributed by atoms with Gasteiger partial charge >= 0.3 is 5.69 Å². The molecule has 1 fully saturated rings. The maximum absolute atomic E-state index is 12.8. The number of ether oxygens (including phenoxy) is 3. The number of benzene rings is 1. The van der Waals surface area contributed by atoms with Crippen molar-refractivity contribution in [3.8, 4) is 17.4 Å². The lowest BCUT2D eigenvalue weighted by molar-refractivity contribution is -0.385. The van der Waals surface area contributed by atoms with Gasteiger partial charge in [-0.1, -0.05) is 38.2 Å². The highest BCUT2D eigenvalue weighted by Gasteiger charge is 2.22. The molecule has 1 N–H and O–H groups in total. The summed E-state index contributed by atoms with van der Waals surface area (Å²) < 4.78 is 18.3. The van der Waals surface area contributed by atoms with Crippen LogP contribution in [0.25, 0.3) is 0 Å². The van der Waals surface area contributed by atoms with Crippen molar-refractivity contribution in [2.75, 3.05) is 20.3 Å². The molecule has 0 atom stereocenters. The highest BCUT2D eigenvalue weighted by molar-refractivity contribution is 5.54. The normalized spacial score (nSPS) is 14.9. The smallest absolute Gasteiger partial charge is 0.351 e. The standard InChI is InChI=1S/C25H33N3O7/c1-18-16-27(20-10-6-4-3-5-7-11-20)25(30)26-24(18)35-17-19-14-22(33-2)23(15-21(19)28(31)32)34-13-9-8-12-29/h8-9,14-16,20,29H,3-7,10-13,17H2,1-2H3/b9-8+. The van der Waals surface area contributed by atoms with Crippen LogP contribution < -0.4 is 19.9 Å². The molecule has 1 saturated carbocycles. The topological polar surface area (TPSA) is 126 Å². The molecule has 10 heteroatoms. The van der Waals surface area contributed by atoms with Crippen molar-refractivity contribution in [1.29, 1.82) is 0 Å². The lowest BCUT2D eigenvalue weighted by Crippen LogP contribution is -2.28. The third-order valence-corrected chi connectivity index (χ3v) is 6.09. The first-order valence-corrected chi connectivity index (χ1v) is 11.9. The zero-order valence-electron chi connectivity index (χ0n) is 20.3. The molecule has 1 aliphatic rings. The number of hydrogen-bond acceptors (Lipinski definition) is 8. The molecule has 1 aromatic heterocycles. The van der Waals surface area contributed by atoms with Gasteiger partial charge in [-0.3, -0.25) is 14.7 Å². The molecule has 0 aliphatic heterocycles. The summed E-state index contributed by atoms with van der Waals surface area (Å²) in [7, 11) is 1.43. The molecule has 0 radical (unpaired) electrons. The van der Waals surface area contributed by atoms with Crippen LogP contribution in [0.3, 0.4) is 0 Å². The second kappa shape index (κ2) is 12.9. The Kier molecular flexibility index (Phi) is 9.66. The van der Waals surface area contributed by atoms with E-state index in [1.807, 2.05) is 6.92 Å². The van der Waals surface area contributed by atoms with Crippen LogP contribution in [-0.2, 0) is 6.61 Å². The van der Waals surface area contributed by atoms with Gasteiger partial charge in [0.15, 0.2) is 11.5 Å². The molecular formula is C25H33N3O7. The summed E-state index contributed by atoms with van der Waals surface area (Å²) in [5, 5.41) is 20.5. The number of methoxy groups -OCH3 is 1. The first-order valence-electron chi connectivity index (χ1n) is 11.9. The summed E-state index contributed by atoms with van der Waals surface area (Å²) in [6, 6.07) is 2.89. The third-order valence-electron chi connectivity index (χ3n) is 6.09. The van der Waals surface area contributed by atoms with E-state index in [-0.39, 0.29) is 54.4 Å². The number of aromatic nitrogens is 2. The largest absolute Gasteiger partial charge is 0.493 e. The fraction of sp³-hybridized carbons (Fsp3) is 0.520. The number of nitrogens with zero attached hydrogens (tertiary/aromatic N) is 3. The Bertz CT molecular complexity index is 1090. The maximum atomic E-state index is 12.8. The summed E-state index contributed by atoms with van der Waals surface area (Å²) in [5.74, 6) is 0.650. The van der Waals surface area contributed by atoms with Crippen LogP contribution in [-0.4, -0.2) is 39.9 Å². The van der Waals surface area contributed by atoms with Gasteiger partial charge in [0, 0.05) is 17.8 Å². The summed E-state index contributed by atoms with van der Waals surface area (Å²) in [4.78, 5) is 28.1. The Morgan fingerprint density at radius 2 is 1.86 bits per heavy atom. The van der Waals surface area contributed by atoms with Gasteiger partial charge in [0.25, 0.3) is 5.69 Å². The number of nitro benzene ring substituents is 1. The Morgan fingerprint density at radius 1 is 1.14 bits per heavy atom. The predicted molar refractivity (Wildman–Crippen MR) is 130 cm³/mol. The molecule has 0 bridgehead atoms. The van der Waals surface area contributed by atoms with Gasteiger partial charge in [-0.25, -0.2) is 4.79 Å². The highest BCUT2D eigenvalue weighted by Crippen LogP contribution is 2.35. The average Bonchev–Trinajstić information content (AvgIpc) is 2.82. The van der Waals surface area contributed by atoms with E-state index < -0.39 is 4.92 Å². The Labute approximate surface area is 204 Å². The second-order valence-electron chi connectivity index (χ2n) is 8.56. The van der Waals surface area contributed by atoms with Crippen LogP contribution in [0.2, 0.25) is 0 Å². The van der Waals surface area contributed by atoms with Crippen molar-refractivity contribution < 1.29 is 24.2 Å². The molecule has 0 saturated heterocycles. The van der Waals surface area contributed by atoms with Crippen molar-refractivity contribution in [3.63, 3.8) is 0 Å². The molecule has 2 aromatic rings. The van der Waals surface area contributed by atoms with Gasteiger partial charge in [0.05, 0.1) is 30.3 Å². The van der Waals surface area contributed by atoms with Gasteiger partial charge in [-0.15, -0.1) is 0 Å². The zero-order valence-corrected chi connectivity index (χ0v) is 20.3. The Hall–Kier alpha value is -3.40. The minimum absolute atomic E-state index is 0.115. The van der Waals surface area contributed by atoms with Crippen LogP contribution in [0.1, 0.15) is 62.1 Å². The van der Waals surface area contributed by atoms with E-state index >= 15 is 0 Å². The molecule has 1 aromatic carbocycles. The molecule has 10 nitrogen and oxygen atoms in total. The van der Waals surface area contributed by atoms with Gasteiger partial charge in [-0.2, -0.15) is 4.98 Å². The van der Waals surface area contributed by atoms with Crippen LogP contribution in [0.15, 0.2) is 35.3 Å². The summed E-state index contributed by atoms with van der Waals surface area (Å²) in [6.45, 7) is 1.63. The fourth-order valence-corrected chi connectivity index (χ4v) is 4.25. The van der Waals surface area contributed by atoms with Crippen LogP contribution in [0, 0.1) is 17.0 Å². The maximum Gasteiger partial charge on any atom is 0.351 e. The Morgan fingerprint density at radius 3 is 2.51 bits per heavy atom. The lowest BCUT2D eigenvalue weighted by Gasteiger charge is -2.22. The number of aliphatic hydroxyl groups is 1. The third kappa shape index (κ3) is 7.05. The molecule has 0 amide bonds. The van der Waals surface area contributed by atoms with E-state index in [4.69, 9.17) is 19.3 Å². The van der Waals surface area contributed by atoms with E-state index in [1.54, 1.807) is 16.8 Å². The van der Waals surface area contributed by atoms with Crippen LogP contribution >= 0.6 is 0 Å². The van der Waals surface area contributed by atoms with Crippen LogP contribution in [0.4, 0.5) is 5.69 Å². The zero-order chi connectivity index (χ0) is 25.2. The molecule has 3 rings (SSSR count). The highest BCUT2D eigenvalue weighted by atomic mass is 16.6. The number of aryl methyl sites for hydroxylation is 1. The van der Waals surface area contributed by atoms with Crippen molar-refractivity contribution in [1.82, 2.24) is 9.55 Å². The van der Waals surface area contributed by atoms with Gasteiger partial charge in [-0.05, 0) is 31.9 Å². The number of rotatable bonds is 10. The minimum Gasteiger partial charge on any atom is -0.493 e. The average molecular weight is 488 g/mol. The number of aliphatic hydroxyl groups excluding tert-OH is 1. The molecule has 190 valence electrons. The van der Waals surface area contributed by atoms with E-state index in [9.17, 15) is 14.9 Å². The van der Waals surface area contributed by atoms with E-state index in [1.165, 1.54) is 44.6 Å². The lowest BCUT2D eigenvalue weighted by atomic mass is 9.96. The first kappa shape index (κ1) is 26.2. The van der Waals surface area contributed by atoms with Crippen molar-refractivity contribution >= 4 is 5.69 Å². The summed E-state index contributed by atoms with van der Waals surface area (Å²) in [5.41, 5.74) is 0.378. The number of nitro groups is 1. The Balaban J connectivity index is 1.80. The summed E-state index contributed by atoms with van der Waals surface area (Å²) in [6.07, 6.45) is 12.6. The first-order chi connectivity index (χ1) is 16.9. The van der Waals surface area contributed by atoms with E-state index in [2.05, 4.69) is 4.98 Å². The predicted octanol–water partition coefficient (Wildman–Crippen LogP) is 4.26. The fourth-order valence-electron chi connectivity index (χ4n) is 4.25. The summed E-state index contributed by atoms with van der Waals surface area (Å²) >= 11 is 0. The second-order valence-corrected chi connectivity index (χ2v) is 8.56. The molecule has 1 aliphatic carbocycles.